The highest BCUT2D eigenvalue weighted by Crippen LogP contribution is 2.30. The summed E-state index contributed by atoms with van der Waals surface area (Å²) in [4.78, 5) is 16.0. The van der Waals surface area contributed by atoms with Crippen LogP contribution in [-0.4, -0.2) is 20.6 Å². The summed E-state index contributed by atoms with van der Waals surface area (Å²) >= 11 is 0. The highest BCUT2D eigenvalue weighted by atomic mass is 16.3. The Morgan fingerprint density at radius 1 is 0.969 bits per heavy atom. The molecule has 0 aliphatic heterocycles. The Morgan fingerprint density at radius 2 is 1.66 bits per heavy atom. The fraction of sp³-hybridized carbons (Fsp3) is 0.259. The topological polar surface area (TPSA) is 51.3 Å². The molecule has 0 saturated heterocycles. The van der Waals surface area contributed by atoms with E-state index < -0.39 is 0 Å². The minimum atomic E-state index is -0.385. The van der Waals surface area contributed by atoms with Gasteiger partial charge in [-0.1, -0.05) is 60.7 Å². The molecule has 4 aromatic rings. The Balaban J connectivity index is 1.53. The molecule has 0 radical (unpaired) electrons. The lowest BCUT2D eigenvalue weighted by atomic mass is 9.90. The summed E-state index contributed by atoms with van der Waals surface area (Å²) in [5.41, 5.74) is 5.58. The lowest BCUT2D eigenvalue weighted by molar-refractivity contribution is -0.133. The summed E-state index contributed by atoms with van der Waals surface area (Å²) in [6.45, 7) is 0.881. The number of carbonyl (C=O) groups excluding carboxylic acids is 1. The SMILES string of the molecule is Cn1nc(CN(Cc2ccco2)C(=O)C(c2ccccc2)c2ccccc2)c2c1CCC2. The minimum absolute atomic E-state index is 0.0520. The van der Waals surface area contributed by atoms with Crippen molar-refractivity contribution in [2.45, 2.75) is 38.3 Å². The first-order valence-corrected chi connectivity index (χ1v) is 11.2. The van der Waals surface area contributed by atoms with E-state index in [1.807, 2.05) is 89.4 Å². The van der Waals surface area contributed by atoms with Crippen molar-refractivity contribution in [2.75, 3.05) is 0 Å². The largest absolute Gasteiger partial charge is 0.467 e. The molecule has 2 heterocycles. The lowest BCUT2D eigenvalue weighted by Crippen LogP contribution is -2.35. The second kappa shape index (κ2) is 8.87. The highest BCUT2D eigenvalue weighted by Gasteiger charge is 2.30. The minimum Gasteiger partial charge on any atom is -0.467 e. The van der Waals surface area contributed by atoms with E-state index in [-0.39, 0.29) is 11.8 Å². The number of hydrogen-bond donors (Lipinski definition) is 0. The molecule has 0 saturated carbocycles. The number of furan rings is 1. The van der Waals surface area contributed by atoms with Crippen molar-refractivity contribution in [1.29, 1.82) is 0 Å². The molecular weight excluding hydrogens is 398 g/mol. The van der Waals surface area contributed by atoms with Crippen LogP contribution in [-0.2, 0) is 37.8 Å². The van der Waals surface area contributed by atoms with Gasteiger partial charge in [0.15, 0.2) is 0 Å². The van der Waals surface area contributed by atoms with Crippen LogP contribution in [0.25, 0.3) is 0 Å². The molecule has 2 aromatic carbocycles. The van der Waals surface area contributed by atoms with Crippen molar-refractivity contribution in [2.24, 2.45) is 7.05 Å². The molecule has 5 heteroatoms. The molecule has 0 bridgehead atoms. The second-order valence-electron chi connectivity index (χ2n) is 8.38. The van der Waals surface area contributed by atoms with Crippen molar-refractivity contribution in [3.63, 3.8) is 0 Å². The normalized spacial score (nSPS) is 12.8. The zero-order chi connectivity index (χ0) is 21.9. The first-order valence-electron chi connectivity index (χ1n) is 11.2. The second-order valence-corrected chi connectivity index (χ2v) is 8.38. The third-order valence-electron chi connectivity index (χ3n) is 6.29. The molecule has 0 N–H and O–H groups in total. The average molecular weight is 426 g/mol. The van der Waals surface area contributed by atoms with Gasteiger partial charge in [-0.3, -0.25) is 9.48 Å². The number of rotatable bonds is 7. The molecular formula is C27H27N3O2. The first-order chi connectivity index (χ1) is 15.7. The number of aryl methyl sites for hydroxylation is 1. The van der Waals surface area contributed by atoms with Gasteiger partial charge in [0.1, 0.15) is 5.76 Å². The van der Waals surface area contributed by atoms with Gasteiger partial charge in [0.2, 0.25) is 5.91 Å². The molecule has 0 fully saturated rings. The number of benzene rings is 2. The summed E-state index contributed by atoms with van der Waals surface area (Å²) < 4.78 is 7.61. The maximum atomic E-state index is 14.1. The van der Waals surface area contributed by atoms with Gasteiger partial charge in [-0.15, -0.1) is 0 Å². The van der Waals surface area contributed by atoms with Crippen molar-refractivity contribution in [3.8, 4) is 0 Å². The zero-order valence-electron chi connectivity index (χ0n) is 18.3. The predicted molar refractivity (Wildman–Crippen MR) is 123 cm³/mol. The van der Waals surface area contributed by atoms with Crippen LogP contribution in [0.4, 0.5) is 0 Å². The number of amides is 1. The average Bonchev–Trinajstić information content (AvgIpc) is 3.56. The molecule has 2 aromatic heterocycles. The van der Waals surface area contributed by atoms with Crippen LogP contribution < -0.4 is 0 Å². The summed E-state index contributed by atoms with van der Waals surface area (Å²) in [5.74, 6) is 0.436. The van der Waals surface area contributed by atoms with Crippen LogP contribution in [0.2, 0.25) is 0 Å². The summed E-state index contributed by atoms with van der Waals surface area (Å²) in [6, 6.07) is 23.8. The van der Waals surface area contributed by atoms with Crippen molar-refractivity contribution in [3.05, 3.63) is 113 Å². The van der Waals surface area contributed by atoms with Crippen LogP contribution in [0.15, 0.2) is 83.5 Å². The molecule has 1 aliphatic rings. The maximum Gasteiger partial charge on any atom is 0.235 e. The predicted octanol–water partition coefficient (Wildman–Crippen LogP) is 4.86. The summed E-state index contributed by atoms with van der Waals surface area (Å²) in [7, 11) is 2.00. The van der Waals surface area contributed by atoms with E-state index >= 15 is 0 Å². The monoisotopic (exact) mass is 425 g/mol. The Bertz CT molecular complexity index is 1140. The van der Waals surface area contributed by atoms with Crippen molar-refractivity contribution >= 4 is 5.91 Å². The van der Waals surface area contributed by atoms with Gasteiger partial charge in [-0.05, 0) is 48.1 Å². The van der Waals surface area contributed by atoms with Gasteiger partial charge >= 0.3 is 0 Å². The van der Waals surface area contributed by atoms with Crippen LogP contribution in [0, 0.1) is 0 Å². The van der Waals surface area contributed by atoms with Crippen LogP contribution in [0.5, 0.6) is 0 Å². The Labute approximate surface area is 188 Å². The number of nitrogens with zero attached hydrogens (tertiary/aromatic N) is 3. The molecule has 0 atom stereocenters. The van der Waals surface area contributed by atoms with E-state index in [0.717, 1.165) is 41.8 Å². The van der Waals surface area contributed by atoms with Gasteiger partial charge < -0.3 is 9.32 Å². The van der Waals surface area contributed by atoms with Gasteiger partial charge in [-0.25, -0.2) is 0 Å². The molecule has 1 aliphatic carbocycles. The lowest BCUT2D eigenvalue weighted by Gasteiger charge is -2.27. The molecule has 5 rings (SSSR count). The number of carbonyl (C=O) groups is 1. The third-order valence-corrected chi connectivity index (χ3v) is 6.29. The Hall–Kier alpha value is -3.60. The number of hydrogen-bond acceptors (Lipinski definition) is 3. The van der Waals surface area contributed by atoms with E-state index in [4.69, 9.17) is 9.52 Å². The van der Waals surface area contributed by atoms with Crippen molar-refractivity contribution < 1.29 is 9.21 Å². The maximum absolute atomic E-state index is 14.1. The van der Waals surface area contributed by atoms with E-state index in [9.17, 15) is 4.79 Å². The Kier molecular flexibility index (Phi) is 5.63. The molecule has 0 spiro atoms. The molecule has 0 unspecified atom stereocenters. The van der Waals surface area contributed by atoms with Gasteiger partial charge in [0.25, 0.3) is 0 Å². The fourth-order valence-corrected chi connectivity index (χ4v) is 4.76. The summed E-state index contributed by atoms with van der Waals surface area (Å²) in [5, 5.41) is 4.78. The van der Waals surface area contributed by atoms with E-state index in [1.165, 1.54) is 11.3 Å². The molecule has 32 heavy (non-hydrogen) atoms. The fourth-order valence-electron chi connectivity index (χ4n) is 4.76. The van der Waals surface area contributed by atoms with E-state index in [0.29, 0.717) is 13.1 Å². The molecule has 162 valence electrons. The number of aromatic nitrogens is 2. The first kappa shape index (κ1) is 20.3. The highest BCUT2D eigenvalue weighted by molar-refractivity contribution is 5.87. The third kappa shape index (κ3) is 3.98. The zero-order valence-corrected chi connectivity index (χ0v) is 18.3. The van der Waals surface area contributed by atoms with Gasteiger partial charge in [0, 0.05) is 12.7 Å². The van der Waals surface area contributed by atoms with Crippen LogP contribution >= 0.6 is 0 Å². The van der Waals surface area contributed by atoms with Gasteiger partial charge in [-0.2, -0.15) is 5.10 Å². The standard InChI is InChI=1S/C27H27N3O2/c1-29-25-16-8-15-23(25)24(28-29)19-30(18-22-14-9-17-32-22)27(31)26(20-10-4-2-5-11-20)21-12-6-3-7-13-21/h2-7,9-14,17,26H,8,15-16,18-19H2,1H3. The van der Waals surface area contributed by atoms with Gasteiger partial charge in [0.05, 0.1) is 31.0 Å². The van der Waals surface area contributed by atoms with E-state index in [1.54, 1.807) is 6.26 Å². The Morgan fingerprint density at radius 3 is 2.28 bits per heavy atom. The number of fused-ring (bicyclic) bond motifs is 1. The summed E-state index contributed by atoms with van der Waals surface area (Å²) in [6.07, 6.45) is 4.89. The smallest absolute Gasteiger partial charge is 0.235 e. The molecule has 5 nitrogen and oxygen atoms in total. The molecule has 1 amide bonds. The van der Waals surface area contributed by atoms with Crippen LogP contribution in [0.3, 0.4) is 0 Å². The quantitative estimate of drug-likeness (QED) is 0.425. The van der Waals surface area contributed by atoms with Crippen molar-refractivity contribution in [1.82, 2.24) is 14.7 Å². The van der Waals surface area contributed by atoms with Crippen LogP contribution in [0.1, 0.15) is 46.2 Å². The van der Waals surface area contributed by atoms with E-state index in [2.05, 4.69) is 0 Å².